The third-order valence-corrected chi connectivity index (χ3v) is 4.15. The zero-order valence-electron chi connectivity index (χ0n) is 13.9. The first kappa shape index (κ1) is 16.8. The van der Waals surface area contributed by atoms with Crippen LogP contribution in [0.3, 0.4) is 0 Å². The predicted molar refractivity (Wildman–Crippen MR) is 91.3 cm³/mol. The van der Waals surface area contributed by atoms with E-state index in [1.54, 1.807) is 46.2 Å². The van der Waals surface area contributed by atoms with E-state index in [0.29, 0.717) is 37.4 Å². The van der Waals surface area contributed by atoms with Crippen molar-refractivity contribution in [2.24, 2.45) is 0 Å². The molecule has 3 rings (SSSR count). The lowest BCUT2D eigenvalue weighted by atomic mass is 10.1. The Balaban J connectivity index is 1.59. The summed E-state index contributed by atoms with van der Waals surface area (Å²) in [5.41, 5.74) is 1.13. The Labute approximate surface area is 145 Å². The lowest BCUT2D eigenvalue weighted by molar-refractivity contribution is -0.130. The number of rotatable bonds is 3. The van der Waals surface area contributed by atoms with E-state index in [4.69, 9.17) is 4.42 Å². The summed E-state index contributed by atoms with van der Waals surface area (Å²) in [4.78, 5) is 39.2. The summed E-state index contributed by atoms with van der Waals surface area (Å²) in [5.74, 6) is -0.163. The predicted octanol–water partition coefficient (Wildman–Crippen LogP) is 1.84. The minimum Gasteiger partial charge on any atom is -0.459 e. The number of carbonyl (C=O) groups excluding carboxylic acids is 3. The fourth-order valence-electron chi connectivity index (χ4n) is 2.70. The number of nitrogens with one attached hydrogen (secondary N) is 1. The van der Waals surface area contributed by atoms with Crippen LogP contribution >= 0.6 is 0 Å². The zero-order valence-corrected chi connectivity index (χ0v) is 13.9. The largest absolute Gasteiger partial charge is 0.459 e. The molecule has 0 atom stereocenters. The summed E-state index contributed by atoms with van der Waals surface area (Å²) in [6.45, 7) is 3.69. The van der Waals surface area contributed by atoms with E-state index >= 15 is 0 Å². The Morgan fingerprint density at radius 1 is 0.960 bits per heavy atom. The summed E-state index contributed by atoms with van der Waals surface area (Å²) in [6.07, 6.45) is 1.43. The number of carbonyl (C=O) groups is 3. The second-order valence-electron chi connectivity index (χ2n) is 5.81. The van der Waals surface area contributed by atoms with Crippen molar-refractivity contribution >= 4 is 23.4 Å². The maximum absolute atomic E-state index is 12.5. The molecule has 7 heteroatoms. The van der Waals surface area contributed by atoms with Crippen LogP contribution in [0.15, 0.2) is 47.1 Å². The molecular weight excluding hydrogens is 322 g/mol. The molecule has 25 heavy (non-hydrogen) atoms. The number of hydrogen-bond donors (Lipinski definition) is 1. The van der Waals surface area contributed by atoms with E-state index in [0.717, 1.165) is 0 Å². The van der Waals surface area contributed by atoms with Gasteiger partial charge >= 0.3 is 0 Å². The number of furan rings is 1. The van der Waals surface area contributed by atoms with Crippen LogP contribution < -0.4 is 5.32 Å². The summed E-state index contributed by atoms with van der Waals surface area (Å²) in [5, 5.41) is 2.71. The van der Waals surface area contributed by atoms with Gasteiger partial charge in [0.05, 0.1) is 6.26 Å². The van der Waals surface area contributed by atoms with Gasteiger partial charge in [0, 0.05) is 44.4 Å². The Morgan fingerprint density at radius 3 is 2.16 bits per heavy atom. The third-order valence-electron chi connectivity index (χ3n) is 4.15. The van der Waals surface area contributed by atoms with Gasteiger partial charge in [-0.25, -0.2) is 0 Å². The standard InChI is InChI=1S/C18H19N3O4/c1-13(22)20-8-10-21(11-9-20)18(24)14-4-6-15(7-5-14)19-17(23)16-3-2-12-25-16/h2-7,12H,8-11H2,1H3,(H,19,23). The van der Waals surface area contributed by atoms with E-state index in [9.17, 15) is 14.4 Å². The van der Waals surface area contributed by atoms with Crippen molar-refractivity contribution in [3.63, 3.8) is 0 Å². The van der Waals surface area contributed by atoms with Crippen molar-refractivity contribution in [2.75, 3.05) is 31.5 Å². The molecule has 130 valence electrons. The molecule has 0 aliphatic carbocycles. The molecule has 0 radical (unpaired) electrons. The van der Waals surface area contributed by atoms with Crippen molar-refractivity contribution in [1.29, 1.82) is 0 Å². The lowest BCUT2D eigenvalue weighted by Gasteiger charge is -2.34. The second-order valence-corrected chi connectivity index (χ2v) is 5.81. The highest BCUT2D eigenvalue weighted by molar-refractivity contribution is 6.02. The minimum atomic E-state index is -0.343. The van der Waals surface area contributed by atoms with Crippen LogP contribution in [-0.4, -0.2) is 53.7 Å². The fraction of sp³-hybridized carbons (Fsp3) is 0.278. The van der Waals surface area contributed by atoms with Crippen molar-refractivity contribution < 1.29 is 18.8 Å². The molecule has 1 aliphatic rings. The van der Waals surface area contributed by atoms with Crippen molar-refractivity contribution in [3.8, 4) is 0 Å². The SMILES string of the molecule is CC(=O)N1CCN(C(=O)c2ccc(NC(=O)c3ccco3)cc2)CC1. The quantitative estimate of drug-likeness (QED) is 0.923. The monoisotopic (exact) mass is 341 g/mol. The first-order valence-electron chi connectivity index (χ1n) is 8.04. The Bertz CT molecular complexity index is 760. The van der Waals surface area contributed by atoms with Gasteiger partial charge in [-0.3, -0.25) is 14.4 Å². The molecule has 3 amide bonds. The van der Waals surface area contributed by atoms with Crippen molar-refractivity contribution in [3.05, 3.63) is 54.0 Å². The summed E-state index contributed by atoms with van der Waals surface area (Å²) in [6, 6.07) is 9.94. The highest BCUT2D eigenvalue weighted by Gasteiger charge is 2.23. The number of nitrogens with zero attached hydrogens (tertiary/aromatic N) is 2. The summed E-state index contributed by atoms with van der Waals surface area (Å²) >= 11 is 0. The van der Waals surface area contributed by atoms with Gasteiger partial charge in [-0.1, -0.05) is 0 Å². The van der Waals surface area contributed by atoms with E-state index in [-0.39, 0.29) is 23.5 Å². The summed E-state index contributed by atoms with van der Waals surface area (Å²) < 4.78 is 5.03. The van der Waals surface area contributed by atoms with Gasteiger partial charge in [0.2, 0.25) is 5.91 Å². The van der Waals surface area contributed by atoms with Crippen LogP contribution in [-0.2, 0) is 4.79 Å². The van der Waals surface area contributed by atoms with Crippen LogP contribution in [0.4, 0.5) is 5.69 Å². The first-order valence-corrected chi connectivity index (χ1v) is 8.04. The van der Waals surface area contributed by atoms with Gasteiger partial charge in [-0.2, -0.15) is 0 Å². The van der Waals surface area contributed by atoms with Gasteiger partial charge in [-0.15, -0.1) is 0 Å². The van der Waals surface area contributed by atoms with Gasteiger partial charge in [0.15, 0.2) is 5.76 Å². The van der Waals surface area contributed by atoms with Gasteiger partial charge in [0.25, 0.3) is 11.8 Å². The van der Waals surface area contributed by atoms with Crippen molar-refractivity contribution in [1.82, 2.24) is 9.80 Å². The normalized spacial score (nSPS) is 14.3. The van der Waals surface area contributed by atoms with E-state index in [1.165, 1.54) is 13.2 Å². The molecule has 1 aliphatic heterocycles. The number of anilines is 1. The lowest BCUT2D eigenvalue weighted by Crippen LogP contribution is -2.50. The maximum Gasteiger partial charge on any atom is 0.291 e. The minimum absolute atomic E-state index is 0.0313. The van der Waals surface area contributed by atoms with Crippen molar-refractivity contribution in [2.45, 2.75) is 6.92 Å². The highest BCUT2D eigenvalue weighted by Crippen LogP contribution is 2.14. The number of benzene rings is 1. The fourth-order valence-corrected chi connectivity index (χ4v) is 2.70. The molecule has 0 saturated carbocycles. The molecule has 1 fully saturated rings. The maximum atomic E-state index is 12.5. The van der Waals surface area contributed by atoms with Crippen LogP contribution in [0.1, 0.15) is 27.8 Å². The zero-order chi connectivity index (χ0) is 17.8. The first-order chi connectivity index (χ1) is 12.0. The van der Waals surface area contributed by atoms with Crippen LogP contribution in [0, 0.1) is 0 Å². The average molecular weight is 341 g/mol. The molecule has 7 nitrogen and oxygen atoms in total. The smallest absolute Gasteiger partial charge is 0.291 e. The molecule has 1 aromatic heterocycles. The average Bonchev–Trinajstić information content (AvgIpc) is 3.17. The number of piperazine rings is 1. The number of hydrogen-bond acceptors (Lipinski definition) is 4. The molecular formula is C18H19N3O4. The molecule has 2 heterocycles. The van der Waals surface area contributed by atoms with Crippen LogP contribution in [0.5, 0.6) is 0 Å². The third kappa shape index (κ3) is 3.88. The van der Waals surface area contributed by atoms with Gasteiger partial charge < -0.3 is 19.5 Å². The van der Waals surface area contributed by atoms with E-state index in [1.807, 2.05) is 0 Å². The highest BCUT2D eigenvalue weighted by atomic mass is 16.3. The molecule has 1 saturated heterocycles. The van der Waals surface area contributed by atoms with E-state index < -0.39 is 0 Å². The van der Waals surface area contributed by atoms with Crippen LogP contribution in [0.25, 0.3) is 0 Å². The molecule has 1 N–H and O–H groups in total. The molecule has 0 spiro atoms. The molecule has 0 unspecified atom stereocenters. The number of amides is 3. The second kappa shape index (κ2) is 7.21. The topological polar surface area (TPSA) is 82.9 Å². The molecule has 2 aromatic rings. The Morgan fingerprint density at radius 2 is 1.60 bits per heavy atom. The van der Waals surface area contributed by atoms with Gasteiger partial charge in [0.1, 0.15) is 0 Å². The van der Waals surface area contributed by atoms with Gasteiger partial charge in [-0.05, 0) is 36.4 Å². The Kier molecular flexibility index (Phi) is 4.83. The summed E-state index contributed by atoms with van der Waals surface area (Å²) in [7, 11) is 0. The molecule has 0 bridgehead atoms. The van der Waals surface area contributed by atoms with Crippen LogP contribution in [0.2, 0.25) is 0 Å². The Hall–Kier alpha value is -3.09. The van der Waals surface area contributed by atoms with E-state index in [2.05, 4.69) is 5.32 Å². The molecule has 1 aromatic carbocycles.